The fourth-order valence-electron chi connectivity index (χ4n) is 0.886. The van der Waals surface area contributed by atoms with E-state index in [9.17, 15) is 15.0 Å². The van der Waals surface area contributed by atoms with Crippen LogP contribution in [-0.2, 0) is 4.79 Å². The molecule has 0 unspecified atom stereocenters. The third kappa shape index (κ3) is 3.30. The Labute approximate surface area is 76.6 Å². The highest BCUT2D eigenvalue weighted by atomic mass is 16.4. The number of carboxylic acid groups (broad SMARTS) is 1. The molecular weight excluding hydrogens is 176 g/mol. The maximum absolute atomic E-state index is 10.4. The Hall–Kier alpha value is -0.650. The predicted molar refractivity (Wildman–Crippen MR) is 45.1 cm³/mol. The molecule has 5 nitrogen and oxygen atoms in total. The van der Waals surface area contributed by atoms with E-state index < -0.39 is 30.0 Å². The van der Waals surface area contributed by atoms with E-state index >= 15 is 0 Å². The summed E-state index contributed by atoms with van der Waals surface area (Å²) in [5.74, 6) is -2.74. The molecular formula is C8H16O5. The van der Waals surface area contributed by atoms with Crippen LogP contribution in [0.1, 0.15) is 13.8 Å². The first kappa shape index (κ1) is 12.3. The molecule has 0 fully saturated rings. The maximum Gasteiger partial charge on any atom is 0.308 e. The molecule has 0 aromatic carbocycles. The van der Waals surface area contributed by atoms with Gasteiger partial charge in [0.1, 0.15) is 0 Å². The first-order chi connectivity index (χ1) is 5.91. The number of hydrogen-bond donors (Lipinski definition) is 4. The fourth-order valence-corrected chi connectivity index (χ4v) is 0.886. The Morgan fingerprint density at radius 2 is 1.69 bits per heavy atom. The Morgan fingerprint density at radius 3 is 2.00 bits per heavy atom. The topological polar surface area (TPSA) is 98.0 Å². The lowest BCUT2D eigenvalue weighted by Gasteiger charge is -2.24. The van der Waals surface area contributed by atoms with Crippen molar-refractivity contribution in [3.63, 3.8) is 0 Å². The van der Waals surface area contributed by atoms with Gasteiger partial charge in [0.15, 0.2) is 0 Å². The second-order valence-corrected chi connectivity index (χ2v) is 3.27. The van der Waals surface area contributed by atoms with E-state index in [-0.39, 0.29) is 6.61 Å². The van der Waals surface area contributed by atoms with Crippen molar-refractivity contribution in [3.8, 4) is 0 Å². The first-order valence-electron chi connectivity index (χ1n) is 4.11. The molecule has 0 bridgehead atoms. The molecule has 0 amide bonds. The molecule has 0 spiro atoms. The van der Waals surface area contributed by atoms with Crippen LogP contribution in [-0.4, -0.2) is 45.2 Å². The summed E-state index contributed by atoms with van der Waals surface area (Å²) >= 11 is 0. The zero-order chi connectivity index (χ0) is 10.6. The Balaban J connectivity index is 4.24. The van der Waals surface area contributed by atoms with Crippen molar-refractivity contribution < 1.29 is 25.2 Å². The third-order valence-corrected chi connectivity index (χ3v) is 2.12. The summed E-state index contributed by atoms with van der Waals surface area (Å²) in [5.41, 5.74) is 0. The van der Waals surface area contributed by atoms with E-state index in [1.54, 1.807) is 0 Å². The minimum atomic E-state index is -1.35. The third-order valence-electron chi connectivity index (χ3n) is 2.12. The van der Waals surface area contributed by atoms with E-state index in [4.69, 9.17) is 10.2 Å². The maximum atomic E-state index is 10.4. The molecule has 0 aliphatic carbocycles. The lowest BCUT2D eigenvalue weighted by Crippen LogP contribution is -2.40. The number of aliphatic hydroxyl groups excluding tert-OH is 3. The second-order valence-electron chi connectivity index (χ2n) is 3.27. The Bertz CT molecular complexity index is 170. The van der Waals surface area contributed by atoms with Crippen LogP contribution in [0.2, 0.25) is 0 Å². The molecule has 0 heterocycles. The molecule has 0 saturated carbocycles. The van der Waals surface area contributed by atoms with Crippen LogP contribution < -0.4 is 0 Å². The summed E-state index contributed by atoms with van der Waals surface area (Å²) in [6.45, 7) is 2.55. The van der Waals surface area contributed by atoms with Crippen molar-refractivity contribution in [2.24, 2.45) is 11.8 Å². The van der Waals surface area contributed by atoms with Gasteiger partial charge in [-0.2, -0.15) is 0 Å². The zero-order valence-electron chi connectivity index (χ0n) is 7.71. The van der Waals surface area contributed by atoms with Crippen LogP contribution in [0, 0.1) is 11.8 Å². The molecule has 4 N–H and O–H groups in total. The Morgan fingerprint density at radius 1 is 1.23 bits per heavy atom. The smallest absolute Gasteiger partial charge is 0.308 e. The van der Waals surface area contributed by atoms with Gasteiger partial charge >= 0.3 is 5.97 Å². The molecule has 0 rings (SSSR count). The number of carbonyl (C=O) groups is 1. The van der Waals surface area contributed by atoms with Gasteiger partial charge in [-0.1, -0.05) is 6.92 Å². The first-order valence-corrected chi connectivity index (χ1v) is 4.11. The van der Waals surface area contributed by atoms with Crippen molar-refractivity contribution in [3.05, 3.63) is 0 Å². The number of aliphatic hydroxyl groups is 3. The highest BCUT2D eigenvalue weighted by Gasteiger charge is 2.30. The van der Waals surface area contributed by atoms with Crippen LogP contribution >= 0.6 is 0 Å². The van der Waals surface area contributed by atoms with Crippen molar-refractivity contribution in [1.82, 2.24) is 0 Å². The lowest BCUT2D eigenvalue weighted by atomic mass is 9.92. The minimum Gasteiger partial charge on any atom is -0.481 e. The molecule has 0 aliphatic rings. The van der Waals surface area contributed by atoms with E-state index in [1.165, 1.54) is 13.8 Å². The standard InChI is InChI=1S/C8H16O5/c1-4(3-9)6(10)7(11)5(2)8(12)13/h4-7,9-11H,3H2,1-2H3,(H,12,13)/t4-,5-,6-,7-/m1/s1. The van der Waals surface area contributed by atoms with E-state index in [2.05, 4.69) is 0 Å². The zero-order valence-corrected chi connectivity index (χ0v) is 7.71. The van der Waals surface area contributed by atoms with Crippen LogP contribution in [0.4, 0.5) is 0 Å². The van der Waals surface area contributed by atoms with E-state index in [0.29, 0.717) is 0 Å². The minimum absolute atomic E-state index is 0.287. The van der Waals surface area contributed by atoms with Gasteiger partial charge in [0.05, 0.1) is 18.1 Å². The van der Waals surface area contributed by atoms with Crippen LogP contribution in [0.15, 0.2) is 0 Å². The molecule has 13 heavy (non-hydrogen) atoms. The van der Waals surface area contributed by atoms with E-state index in [1.807, 2.05) is 0 Å². The van der Waals surface area contributed by atoms with Crippen LogP contribution in [0.3, 0.4) is 0 Å². The number of aliphatic carboxylic acids is 1. The van der Waals surface area contributed by atoms with Gasteiger partial charge in [0.2, 0.25) is 0 Å². The summed E-state index contributed by atoms with van der Waals surface area (Å²) in [4.78, 5) is 10.4. The summed E-state index contributed by atoms with van der Waals surface area (Å²) in [6.07, 6.45) is -2.56. The Kier molecular flexibility index (Phi) is 4.90. The van der Waals surface area contributed by atoms with Gasteiger partial charge in [-0.05, 0) is 6.92 Å². The number of carboxylic acids is 1. The molecule has 5 heteroatoms. The molecule has 4 atom stereocenters. The number of hydrogen-bond acceptors (Lipinski definition) is 4. The summed E-state index contributed by atoms with van der Waals surface area (Å²) in [6, 6.07) is 0. The average Bonchev–Trinajstić information content (AvgIpc) is 2.12. The normalized spacial score (nSPS) is 20.4. The molecule has 0 aromatic heterocycles. The van der Waals surface area contributed by atoms with E-state index in [0.717, 1.165) is 0 Å². The van der Waals surface area contributed by atoms with Crippen molar-refractivity contribution in [1.29, 1.82) is 0 Å². The molecule has 78 valence electrons. The van der Waals surface area contributed by atoms with Gasteiger partial charge < -0.3 is 20.4 Å². The largest absolute Gasteiger partial charge is 0.481 e. The fraction of sp³-hybridized carbons (Fsp3) is 0.875. The monoisotopic (exact) mass is 192 g/mol. The van der Waals surface area contributed by atoms with Gasteiger partial charge in [0.25, 0.3) is 0 Å². The van der Waals surface area contributed by atoms with Crippen molar-refractivity contribution in [2.75, 3.05) is 6.61 Å². The quantitative estimate of drug-likeness (QED) is 0.450. The van der Waals surface area contributed by atoms with Crippen molar-refractivity contribution >= 4 is 5.97 Å². The summed E-state index contributed by atoms with van der Waals surface area (Å²) < 4.78 is 0. The van der Waals surface area contributed by atoms with Crippen LogP contribution in [0.5, 0.6) is 0 Å². The molecule has 0 aromatic rings. The van der Waals surface area contributed by atoms with Gasteiger partial charge in [-0.25, -0.2) is 0 Å². The second kappa shape index (κ2) is 5.16. The average molecular weight is 192 g/mol. The van der Waals surface area contributed by atoms with Gasteiger partial charge in [0, 0.05) is 12.5 Å². The predicted octanol–water partition coefficient (Wildman–Crippen LogP) is -0.943. The van der Waals surface area contributed by atoms with Gasteiger partial charge in [-0.15, -0.1) is 0 Å². The summed E-state index contributed by atoms with van der Waals surface area (Å²) in [7, 11) is 0. The molecule has 0 radical (unpaired) electrons. The summed E-state index contributed by atoms with van der Waals surface area (Å²) in [5, 5.41) is 35.8. The molecule has 0 saturated heterocycles. The van der Waals surface area contributed by atoms with Crippen molar-refractivity contribution in [2.45, 2.75) is 26.1 Å². The van der Waals surface area contributed by atoms with Crippen LogP contribution in [0.25, 0.3) is 0 Å². The van der Waals surface area contributed by atoms with Gasteiger partial charge in [-0.3, -0.25) is 4.79 Å². The lowest BCUT2D eigenvalue weighted by molar-refractivity contribution is -0.149. The number of rotatable bonds is 5. The highest BCUT2D eigenvalue weighted by molar-refractivity contribution is 5.70. The SMILES string of the molecule is C[C@H](CO)[C@@H](O)[C@H](O)[C@@H](C)C(=O)O. The molecule has 0 aliphatic heterocycles. The highest BCUT2D eigenvalue weighted by Crippen LogP contribution is 2.14.